The van der Waals surface area contributed by atoms with Gasteiger partial charge in [0.05, 0.1) is 0 Å². The van der Waals surface area contributed by atoms with Gasteiger partial charge < -0.3 is 14.5 Å². The second kappa shape index (κ2) is 6.93. The summed E-state index contributed by atoms with van der Waals surface area (Å²) >= 11 is 3.03. The quantitative estimate of drug-likeness (QED) is 0.813. The average Bonchev–Trinajstić information content (AvgIpc) is 2.71. The van der Waals surface area contributed by atoms with Gasteiger partial charge in [-0.2, -0.15) is 0 Å². The third kappa shape index (κ3) is 5.56. The second-order valence-electron chi connectivity index (χ2n) is 3.86. The molecule has 0 aliphatic rings. The molecule has 0 saturated carbocycles. The van der Waals surface area contributed by atoms with E-state index in [1.165, 1.54) is 12.1 Å². The van der Waals surface area contributed by atoms with Crippen molar-refractivity contribution in [2.24, 2.45) is 0 Å². The lowest BCUT2D eigenvalue weighted by atomic mass is 10.4. The fraction of sp³-hybridized carbons (Fsp3) is 0.364. The number of amides is 3. The van der Waals surface area contributed by atoms with Crippen LogP contribution < -0.4 is 10.6 Å². The van der Waals surface area contributed by atoms with Gasteiger partial charge in [-0.25, -0.2) is 9.59 Å². The van der Waals surface area contributed by atoms with Crippen LogP contribution in [0, 0.1) is 0 Å². The summed E-state index contributed by atoms with van der Waals surface area (Å²) in [6.45, 7) is 2.93. The number of ether oxygens (including phenoxy) is 1. The number of hydrogen-bond donors (Lipinski definition) is 2. The molecule has 0 aliphatic heterocycles. The van der Waals surface area contributed by atoms with Gasteiger partial charge in [-0.05, 0) is 41.9 Å². The summed E-state index contributed by atoms with van der Waals surface area (Å²) in [5, 5.41) is 4.48. The Morgan fingerprint density at radius 1 is 1.37 bits per heavy atom. The molecule has 0 fully saturated rings. The Balaban J connectivity index is 2.34. The van der Waals surface area contributed by atoms with Gasteiger partial charge in [0.25, 0.3) is 5.91 Å². The first-order valence-electron chi connectivity index (χ1n) is 5.41. The van der Waals surface area contributed by atoms with Gasteiger partial charge in [0.1, 0.15) is 0 Å². The Kier molecular flexibility index (Phi) is 5.56. The number of rotatable bonds is 4. The van der Waals surface area contributed by atoms with Crippen LogP contribution in [-0.4, -0.2) is 30.6 Å². The van der Waals surface area contributed by atoms with Crippen molar-refractivity contribution in [1.29, 1.82) is 0 Å². The molecule has 104 valence electrons. The van der Waals surface area contributed by atoms with Crippen LogP contribution in [0.4, 0.5) is 4.79 Å². The van der Waals surface area contributed by atoms with Gasteiger partial charge in [0.15, 0.2) is 11.3 Å². The maximum absolute atomic E-state index is 11.4. The first kappa shape index (κ1) is 15.2. The third-order valence-corrected chi connectivity index (χ3v) is 2.21. The van der Waals surface area contributed by atoms with Crippen LogP contribution in [0.3, 0.4) is 0 Å². The minimum Gasteiger partial charge on any atom is -0.450 e. The molecule has 0 saturated heterocycles. The summed E-state index contributed by atoms with van der Waals surface area (Å²) in [4.78, 5) is 33.9. The summed E-state index contributed by atoms with van der Waals surface area (Å²) in [7, 11) is 0. The molecule has 3 amide bonds. The maximum Gasteiger partial charge on any atom is 0.374 e. The number of urea groups is 1. The monoisotopic (exact) mass is 332 g/mol. The fourth-order valence-corrected chi connectivity index (χ4v) is 1.39. The molecular formula is C11H13BrN2O5. The SMILES string of the molecule is CC(C)NC(=O)NC(=O)COC(=O)c1ccc(Br)o1. The predicted octanol–water partition coefficient (Wildman–Crippen LogP) is 1.43. The minimum atomic E-state index is -0.787. The average molecular weight is 333 g/mol. The van der Waals surface area contributed by atoms with E-state index in [1.54, 1.807) is 13.8 Å². The highest BCUT2D eigenvalue weighted by Gasteiger charge is 2.15. The molecule has 0 spiro atoms. The fourth-order valence-electron chi connectivity index (χ4n) is 1.09. The van der Waals surface area contributed by atoms with E-state index < -0.39 is 24.5 Å². The largest absolute Gasteiger partial charge is 0.450 e. The van der Waals surface area contributed by atoms with Gasteiger partial charge in [0.2, 0.25) is 5.76 Å². The van der Waals surface area contributed by atoms with Crippen LogP contribution >= 0.6 is 15.9 Å². The highest BCUT2D eigenvalue weighted by atomic mass is 79.9. The van der Waals surface area contributed by atoms with Crippen molar-refractivity contribution in [2.45, 2.75) is 19.9 Å². The molecule has 7 nitrogen and oxygen atoms in total. The maximum atomic E-state index is 11.4. The normalized spacial score (nSPS) is 10.1. The van der Waals surface area contributed by atoms with Crippen LogP contribution in [0.25, 0.3) is 0 Å². The second-order valence-corrected chi connectivity index (χ2v) is 4.64. The standard InChI is InChI=1S/C11H13BrN2O5/c1-6(2)13-11(17)14-9(15)5-18-10(16)7-3-4-8(12)19-7/h3-4,6H,5H2,1-2H3,(H2,13,14,15,17). The third-order valence-electron chi connectivity index (χ3n) is 1.78. The number of hydrogen-bond acceptors (Lipinski definition) is 5. The number of nitrogens with one attached hydrogen (secondary N) is 2. The molecule has 2 N–H and O–H groups in total. The first-order valence-corrected chi connectivity index (χ1v) is 6.20. The zero-order valence-corrected chi connectivity index (χ0v) is 11.9. The molecule has 0 aliphatic carbocycles. The van der Waals surface area contributed by atoms with Crippen LogP contribution in [0.15, 0.2) is 21.2 Å². The highest BCUT2D eigenvalue weighted by molar-refractivity contribution is 9.10. The summed E-state index contributed by atoms with van der Waals surface area (Å²) in [5.74, 6) is -1.55. The Bertz CT molecular complexity index is 483. The van der Waals surface area contributed by atoms with Crippen LogP contribution in [0.5, 0.6) is 0 Å². The molecule has 1 rings (SSSR count). The van der Waals surface area contributed by atoms with Crippen molar-refractivity contribution in [3.8, 4) is 0 Å². The summed E-state index contributed by atoms with van der Waals surface area (Å²) in [5.41, 5.74) is 0. The van der Waals surface area contributed by atoms with E-state index in [4.69, 9.17) is 4.42 Å². The Hall–Kier alpha value is -1.83. The van der Waals surface area contributed by atoms with E-state index >= 15 is 0 Å². The molecule has 0 unspecified atom stereocenters. The molecule has 1 heterocycles. The smallest absolute Gasteiger partial charge is 0.374 e. The number of halogens is 1. The first-order chi connectivity index (χ1) is 8.88. The summed E-state index contributed by atoms with van der Waals surface area (Å²) < 4.78 is 9.98. The molecule has 1 aromatic heterocycles. The molecule has 0 radical (unpaired) electrons. The minimum absolute atomic E-state index is 0.0358. The van der Waals surface area contributed by atoms with Crippen LogP contribution in [-0.2, 0) is 9.53 Å². The van der Waals surface area contributed by atoms with Crippen molar-refractivity contribution in [3.63, 3.8) is 0 Å². The zero-order chi connectivity index (χ0) is 14.4. The molecule has 0 aromatic carbocycles. The Labute approximate surface area is 117 Å². The lowest BCUT2D eigenvalue weighted by Crippen LogP contribution is -2.44. The highest BCUT2D eigenvalue weighted by Crippen LogP contribution is 2.14. The number of imide groups is 1. The van der Waals surface area contributed by atoms with Crippen molar-refractivity contribution in [3.05, 3.63) is 22.6 Å². The molecular weight excluding hydrogens is 320 g/mol. The van der Waals surface area contributed by atoms with Crippen LogP contribution in [0.1, 0.15) is 24.4 Å². The summed E-state index contributed by atoms with van der Waals surface area (Å²) in [6.07, 6.45) is 0. The van der Waals surface area contributed by atoms with E-state index in [1.807, 2.05) is 5.32 Å². The van der Waals surface area contributed by atoms with Gasteiger partial charge in [-0.3, -0.25) is 10.1 Å². The molecule has 0 bridgehead atoms. The van der Waals surface area contributed by atoms with E-state index in [9.17, 15) is 14.4 Å². The predicted molar refractivity (Wildman–Crippen MR) is 68.5 cm³/mol. The van der Waals surface area contributed by atoms with Crippen molar-refractivity contribution in [1.82, 2.24) is 10.6 Å². The van der Waals surface area contributed by atoms with Gasteiger partial charge in [-0.15, -0.1) is 0 Å². The molecule has 8 heteroatoms. The lowest BCUT2D eigenvalue weighted by molar-refractivity contribution is -0.123. The Morgan fingerprint density at radius 3 is 2.58 bits per heavy atom. The van der Waals surface area contributed by atoms with E-state index in [-0.39, 0.29) is 11.8 Å². The topological polar surface area (TPSA) is 97.6 Å². The summed E-state index contributed by atoms with van der Waals surface area (Å²) in [6, 6.07) is 2.18. The van der Waals surface area contributed by atoms with Gasteiger partial charge in [-0.1, -0.05) is 0 Å². The molecule has 0 atom stereocenters. The number of carbonyl (C=O) groups is 3. The Morgan fingerprint density at radius 2 is 2.05 bits per heavy atom. The number of esters is 1. The van der Waals surface area contributed by atoms with Crippen molar-refractivity contribution < 1.29 is 23.5 Å². The lowest BCUT2D eigenvalue weighted by Gasteiger charge is -2.09. The van der Waals surface area contributed by atoms with E-state index in [0.717, 1.165) is 0 Å². The zero-order valence-electron chi connectivity index (χ0n) is 10.4. The van der Waals surface area contributed by atoms with Crippen molar-refractivity contribution >= 4 is 33.8 Å². The van der Waals surface area contributed by atoms with E-state index in [2.05, 4.69) is 26.0 Å². The van der Waals surface area contributed by atoms with Gasteiger partial charge in [0, 0.05) is 6.04 Å². The van der Waals surface area contributed by atoms with E-state index in [0.29, 0.717) is 4.67 Å². The van der Waals surface area contributed by atoms with Gasteiger partial charge >= 0.3 is 12.0 Å². The number of furan rings is 1. The van der Waals surface area contributed by atoms with Crippen molar-refractivity contribution in [2.75, 3.05) is 6.61 Å². The molecule has 19 heavy (non-hydrogen) atoms. The molecule has 1 aromatic rings. The van der Waals surface area contributed by atoms with Crippen LogP contribution in [0.2, 0.25) is 0 Å². The number of carbonyl (C=O) groups excluding carboxylic acids is 3.